The molecule has 0 radical (unpaired) electrons. The topological polar surface area (TPSA) is 110 Å². The van der Waals surface area contributed by atoms with Crippen molar-refractivity contribution in [1.82, 2.24) is 14.6 Å². The van der Waals surface area contributed by atoms with Crippen LogP contribution in [-0.4, -0.2) is 45.6 Å². The highest BCUT2D eigenvalue weighted by Gasteiger charge is 2.31. The van der Waals surface area contributed by atoms with Gasteiger partial charge in [0.2, 0.25) is 5.91 Å². The van der Waals surface area contributed by atoms with Crippen LogP contribution in [0.1, 0.15) is 38.7 Å². The molecule has 0 saturated heterocycles. The number of benzene rings is 1. The van der Waals surface area contributed by atoms with Crippen molar-refractivity contribution in [2.75, 3.05) is 13.2 Å². The van der Waals surface area contributed by atoms with E-state index in [9.17, 15) is 14.4 Å². The van der Waals surface area contributed by atoms with Crippen LogP contribution in [0.5, 0.6) is 5.75 Å². The molecule has 1 aliphatic rings. The van der Waals surface area contributed by atoms with E-state index in [2.05, 4.69) is 11.9 Å². The van der Waals surface area contributed by atoms with Crippen LogP contribution in [0, 0.1) is 0 Å². The Hall–Kier alpha value is -3.10. The average Bonchev–Trinajstić information content (AvgIpc) is 2.95. The van der Waals surface area contributed by atoms with Gasteiger partial charge in [-0.25, -0.2) is 14.6 Å². The molecular weight excluding hydrogens is 364 g/mol. The Morgan fingerprint density at radius 3 is 2.61 bits per heavy atom. The van der Waals surface area contributed by atoms with Crippen LogP contribution < -0.4 is 16.2 Å². The molecule has 9 nitrogen and oxygen atoms in total. The minimum Gasteiger partial charge on any atom is -0.492 e. The van der Waals surface area contributed by atoms with Crippen molar-refractivity contribution in [2.24, 2.45) is 4.99 Å². The molecule has 0 aliphatic carbocycles. The Labute approximate surface area is 161 Å². The zero-order valence-electron chi connectivity index (χ0n) is 16.0. The van der Waals surface area contributed by atoms with Crippen LogP contribution >= 0.6 is 0 Å². The number of aliphatic imine (C=N–C) groups is 1. The molecule has 9 heteroatoms. The summed E-state index contributed by atoms with van der Waals surface area (Å²) >= 11 is 0. The number of hydrogen-bond donors (Lipinski definition) is 1. The van der Waals surface area contributed by atoms with E-state index in [1.807, 2.05) is 11.9 Å². The molecule has 2 aromatic rings. The van der Waals surface area contributed by atoms with E-state index in [4.69, 9.17) is 9.26 Å². The molecule has 0 saturated carbocycles. The second-order valence-corrected chi connectivity index (χ2v) is 7.09. The lowest BCUT2D eigenvalue weighted by atomic mass is 9.91. The van der Waals surface area contributed by atoms with E-state index < -0.39 is 11.4 Å². The van der Waals surface area contributed by atoms with E-state index in [1.165, 1.54) is 0 Å². The van der Waals surface area contributed by atoms with Crippen LogP contribution in [0.15, 0.2) is 43.4 Å². The molecule has 28 heavy (non-hydrogen) atoms. The minimum atomic E-state index is -0.782. The predicted octanol–water partition coefficient (Wildman–Crippen LogP) is 1.38. The van der Waals surface area contributed by atoms with E-state index in [1.54, 1.807) is 35.5 Å². The van der Waals surface area contributed by atoms with Crippen LogP contribution in [0.4, 0.5) is 0 Å². The lowest BCUT2D eigenvalue weighted by Crippen LogP contribution is -2.43. The Morgan fingerprint density at radius 1 is 1.25 bits per heavy atom. The van der Waals surface area contributed by atoms with Gasteiger partial charge >= 0.3 is 11.4 Å². The number of rotatable bonds is 8. The Bertz CT molecular complexity index is 956. The van der Waals surface area contributed by atoms with E-state index in [-0.39, 0.29) is 18.0 Å². The number of carbonyl (C=O) groups excluding carboxylic acids is 1. The number of aromatic amines is 1. The number of ether oxygens (including phenoxy) is 1. The van der Waals surface area contributed by atoms with Crippen LogP contribution in [0.2, 0.25) is 0 Å². The maximum Gasteiger partial charge on any atom is 0.440 e. The normalized spacial score (nSPS) is 19.2. The van der Waals surface area contributed by atoms with Gasteiger partial charge < -0.3 is 9.26 Å². The zero-order chi connectivity index (χ0) is 20.1. The van der Waals surface area contributed by atoms with Crippen molar-refractivity contribution < 1.29 is 14.1 Å². The summed E-state index contributed by atoms with van der Waals surface area (Å²) in [6, 6.07) is 7.07. The third kappa shape index (κ3) is 4.79. The van der Waals surface area contributed by atoms with E-state index in [0.29, 0.717) is 25.3 Å². The van der Waals surface area contributed by atoms with Gasteiger partial charge in [0.1, 0.15) is 12.4 Å². The van der Waals surface area contributed by atoms with Gasteiger partial charge in [-0.15, -0.1) is 4.74 Å². The zero-order valence-corrected chi connectivity index (χ0v) is 16.0. The maximum atomic E-state index is 12.3. The molecule has 0 fully saturated rings. The van der Waals surface area contributed by atoms with Crippen molar-refractivity contribution in [3.05, 3.63) is 50.9 Å². The predicted molar refractivity (Wildman–Crippen MR) is 103 cm³/mol. The summed E-state index contributed by atoms with van der Waals surface area (Å²) in [5.74, 6) is -0.0806. The molecule has 1 aromatic carbocycles. The van der Waals surface area contributed by atoms with Gasteiger partial charge in [0.15, 0.2) is 0 Å². The molecule has 0 bridgehead atoms. The molecule has 1 atom stereocenters. The summed E-state index contributed by atoms with van der Waals surface area (Å²) in [7, 11) is 0. The highest BCUT2D eigenvalue weighted by atomic mass is 16.5. The fourth-order valence-electron chi connectivity index (χ4n) is 3.16. The molecule has 150 valence electrons. The minimum absolute atomic E-state index is 0.0586. The maximum absolute atomic E-state index is 12.3. The fraction of sp³-hybridized carbons (Fsp3) is 0.474. The summed E-state index contributed by atoms with van der Waals surface area (Å²) in [6.07, 6.45) is 3.92. The summed E-state index contributed by atoms with van der Waals surface area (Å²) in [5.41, 5.74) is -0.0986. The number of hydrogen-bond acceptors (Lipinski definition) is 6. The largest absolute Gasteiger partial charge is 0.492 e. The first-order chi connectivity index (χ1) is 13.4. The number of H-pyrrole nitrogens is 1. The first kappa shape index (κ1) is 19.7. The van der Waals surface area contributed by atoms with Gasteiger partial charge in [-0.3, -0.25) is 14.7 Å². The van der Waals surface area contributed by atoms with Gasteiger partial charge in [-0.1, -0.05) is 25.5 Å². The number of amides is 1. The smallest absolute Gasteiger partial charge is 0.440 e. The molecule has 1 unspecified atom stereocenters. The first-order valence-electron chi connectivity index (χ1n) is 9.25. The number of carbonyl (C=O) groups is 1. The quantitative estimate of drug-likeness (QED) is 0.735. The van der Waals surface area contributed by atoms with Crippen molar-refractivity contribution >= 4 is 12.2 Å². The van der Waals surface area contributed by atoms with E-state index in [0.717, 1.165) is 23.1 Å². The Balaban J connectivity index is 1.50. The number of nitrogens with zero attached hydrogens (tertiary/aromatic N) is 3. The van der Waals surface area contributed by atoms with E-state index >= 15 is 0 Å². The van der Waals surface area contributed by atoms with Crippen LogP contribution in [-0.2, 0) is 11.3 Å². The molecule has 1 amide bonds. The van der Waals surface area contributed by atoms with Gasteiger partial charge in [-0.2, -0.15) is 0 Å². The number of nitrogens with one attached hydrogen (secondary N) is 1. The summed E-state index contributed by atoms with van der Waals surface area (Å²) in [4.78, 5) is 42.9. The summed E-state index contributed by atoms with van der Waals surface area (Å²) in [6.45, 7) is 5.01. The Kier molecular flexibility index (Phi) is 5.81. The summed E-state index contributed by atoms with van der Waals surface area (Å²) in [5, 5.41) is 0. The van der Waals surface area contributed by atoms with Crippen LogP contribution in [0.3, 0.4) is 0 Å². The standard InChI is InChI=1S/C19H24N4O5/c1-3-8-19(2)11-16(24)22(13-20-19)9-10-27-15-6-4-14(5-7-15)12-23-17(25)21-18(26)28-23/h4-7,13H,3,8-12H2,1-2H3,(H,21,25,26). The van der Waals surface area contributed by atoms with Crippen molar-refractivity contribution in [3.8, 4) is 5.75 Å². The Morgan fingerprint density at radius 2 is 2.00 bits per heavy atom. The third-order valence-corrected chi connectivity index (χ3v) is 4.63. The van der Waals surface area contributed by atoms with Gasteiger partial charge in [0, 0.05) is 0 Å². The second-order valence-electron chi connectivity index (χ2n) is 7.09. The fourth-order valence-corrected chi connectivity index (χ4v) is 3.16. The molecule has 1 aromatic heterocycles. The highest BCUT2D eigenvalue weighted by Crippen LogP contribution is 2.25. The monoisotopic (exact) mass is 388 g/mol. The lowest BCUT2D eigenvalue weighted by molar-refractivity contribution is -0.129. The lowest BCUT2D eigenvalue weighted by Gasteiger charge is -2.32. The number of aromatic nitrogens is 2. The van der Waals surface area contributed by atoms with Crippen molar-refractivity contribution in [3.63, 3.8) is 0 Å². The molecular formula is C19H24N4O5. The molecule has 3 rings (SSSR count). The third-order valence-electron chi connectivity index (χ3n) is 4.63. The SMILES string of the molecule is CCCC1(C)CC(=O)N(CCOc2ccc(Cn3oc(=O)[nH]c3=O)cc2)C=N1. The average molecular weight is 388 g/mol. The summed E-state index contributed by atoms with van der Waals surface area (Å²) < 4.78 is 11.4. The molecule has 0 spiro atoms. The molecule has 1 aliphatic heterocycles. The molecule has 2 heterocycles. The van der Waals surface area contributed by atoms with Crippen molar-refractivity contribution in [1.29, 1.82) is 0 Å². The van der Waals surface area contributed by atoms with Gasteiger partial charge in [0.05, 0.1) is 31.4 Å². The van der Waals surface area contributed by atoms with Crippen molar-refractivity contribution in [2.45, 2.75) is 45.2 Å². The van der Waals surface area contributed by atoms with Crippen LogP contribution in [0.25, 0.3) is 0 Å². The second kappa shape index (κ2) is 8.28. The first-order valence-corrected chi connectivity index (χ1v) is 9.25. The molecule has 1 N–H and O–H groups in total. The van der Waals surface area contributed by atoms with Gasteiger partial charge in [0.25, 0.3) is 0 Å². The highest BCUT2D eigenvalue weighted by molar-refractivity contribution is 5.90. The van der Waals surface area contributed by atoms with Gasteiger partial charge in [-0.05, 0) is 31.0 Å².